The second-order valence-electron chi connectivity index (χ2n) is 8.54. The van der Waals surface area contributed by atoms with Gasteiger partial charge in [-0.25, -0.2) is 4.79 Å². The first-order valence-corrected chi connectivity index (χ1v) is 12.8. The predicted molar refractivity (Wildman–Crippen MR) is 140 cm³/mol. The molecule has 2 atom stereocenters. The number of anilines is 1. The average Bonchev–Trinajstić information content (AvgIpc) is 3.30. The molecule has 10 heteroatoms. The van der Waals surface area contributed by atoms with E-state index in [1.54, 1.807) is 37.3 Å². The van der Waals surface area contributed by atoms with Gasteiger partial charge in [0.25, 0.3) is 11.5 Å². The van der Waals surface area contributed by atoms with Crippen LogP contribution in [0.25, 0.3) is 10.9 Å². The lowest BCUT2D eigenvalue weighted by molar-refractivity contribution is -0.120. The van der Waals surface area contributed by atoms with Gasteiger partial charge < -0.3 is 10.6 Å². The third kappa shape index (κ3) is 4.92. The van der Waals surface area contributed by atoms with Crippen molar-refractivity contribution in [1.29, 1.82) is 0 Å². The summed E-state index contributed by atoms with van der Waals surface area (Å²) >= 11 is 9.45. The average molecular weight is 562 g/mol. The predicted octanol–water partition coefficient (Wildman–Crippen LogP) is 4.16. The summed E-state index contributed by atoms with van der Waals surface area (Å²) in [6, 6.07) is 9.61. The van der Waals surface area contributed by atoms with Crippen molar-refractivity contribution in [2.75, 3.05) is 5.32 Å². The minimum atomic E-state index is -0.418. The molecule has 2 unspecified atom stereocenters. The molecule has 0 spiro atoms. The van der Waals surface area contributed by atoms with Crippen molar-refractivity contribution < 1.29 is 9.59 Å². The summed E-state index contributed by atoms with van der Waals surface area (Å²) in [5, 5.41) is 6.67. The number of fused-ring (bicyclic) bond motifs is 1. The van der Waals surface area contributed by atoms with Gasteiger partial charge >= 0.3 is 5.69 Å². The number of hydrogen-bond donors (Lipinski definition) is 2. The highest BCUT2D eigenvalue weighted by atomic mass is 79.9. The van der Waals surface area contributed by atoms with Gasteiger partial charge in [-0.2, -0.15) is 0 Å². The topological polar surface area (TPSA) is 102 Å². The van der Waals surface area contributed by atoms with Crippen LogP contribution >= 0.6 is 27.5 Å². The van der Waals surface area contributed by atoms with E-state index in [4.69, 9.17) is 11.6 Å². The fraction of sp³-hybridized carbons (Fsp3) is 0.360. The molecule has 2 aromatic carbocycles. The molecule has 1 fully saturated rings. The summed E-state index contributed by atoms with van der Waals surface area (Å²) in [7, 11) is 0. The van der Waals surface area contributed by atoms with Gasteiger partial charge in [0.15, 0.2) is 0 Å². The molecule has 0 saturated heterocycles. The Balaban J connectivity index is 1.56. The fourth-order valence-electron chi connectivity index (χ4n) is 4.66. The number of aromatic nitrogens is 2. The van der Waals surface area contributed by atoms with Crippen LogP contribution in [-0.4, -0.2) is 27.0 Å². The molecule has 35 heavy (non-hydrogen) atoms. The number of rotatable bonds is 6. The lowest BCUT2D eigenvalue weighted by Crippen LogP contribution is -2.42. The smallest absolute Gasteiger partial charge is 0.331 e. The zero-order chi connectivity index (χ0) is 25.3. The van der Waals surface area contributed by atoms with E-state index in [-0.39, 0.29) is 36.0 Å². The zero-order valence-corrected chi connectivity index (χ0v) is 21.8. The number of amides is 2. The number of halogens is 2. The molecule has 1 heterocycles. The summed E-state index contributed by atoms with van der Waals surface area (Å²) in [5.41, 5.74) is 0.609. The molecule has 4 rings (SSSR count). The van der Waals surface area contributed by atoms with Crippen molar-refractivity contribution in [1.82, 2.24) is 14.5 Å². The van der Waals surface area contributed by atoms with Gasteiger partial charge in [0, 0.05) is 34.9 Å². The standard InChI is InChI=1S/C25H26BrClN4O4/c1-3-30-21-11-8-14(12-17(21)24(34)31(4-2)25(30)35)22(32)29-20-7-5-6-16(20)23(33)28-15-9-10-18(26)19(27)13-15/h8-13,16,20H,3-7H2,1-2H3,(H,28,33)(H,29,32). The third-order valence-electron chi connectivity index (χ3n) is 6.48. The van der Waals surface area contributed by atoms with E-state index < -0.39 is 5.56 Å². The maximum atomic E-state index is 13.1. The molecule has 1 saturated carbocycles. The van der Waals surface area contributed by atoms with Gasteiger partial charge in [0.2, 0.25) is 5.91 Å². The fourth-order valence-corrected chi connectivity index (χ4v) is 5.08. The molecular weight excluding hydrogens is 536 g/mol. The molecule has 0 radical (unpaired) electrons. The minimum Gasteiger partial charge on any atom is -0.349 e. The summed E-state index contributed by atoms with van der Waals surface area (Å²) in [6.45, 7) is 4.22. The van der Waals surface area contributed by atoms with Crippen LogP contribution in [0.1, 0.15) is 43.5 Å². The maximum Gasteiger partial charge on any atom is 0.331 e. The van der Waals surface area contributed by atoms with Crippen molar-refractivity contribution in [3.8, 4) is 0 Å². The molecule has 1 aliphatic rings. The van der Waals surface area contributed by atoms with E-state index in [1.807, 2.05) is 6.92 Å². The number of aryl methyl sites for hydroxylation is 1. The quantitative estimate of drug-likeness (QED) is 0.472. The second-order valence-corrected chi connectivity index (χ2v) is 9.81. The van der Waals surface area contributed by atoms with E-state index in [2.05, 4.69) is 26.6 Å². The van der Waals surface area contributed by atoms with E-state index >= 15 is 0 Å². The van der Waals surface area contributed by atoms with Gasteiger partial charge in [-0.05, 0) is 79.0 Å². The molecular formula is C25H26BrClN4O4. The number of carbonyl (C=O) groups excluding carboxylic acids is 2. The van der Waals surface area contributed by atoms with Crippen molar-refractivity contribution in [3.05, 3.63) is 72.3 Å². The molecule has 0 bridgehead atoms. The van der Waals surface area contributed by atoms with Crippen molar-refractivity contribution in [3.63, 3.8) is 0 Å². The number of benzene rings is 2. The number of carbonyl (C=O) groups is 2. The van der Waals surface area contributed by atoms with Crippen LogP contribution in [0.2, 0.25) is 5.02 Å². The SMILES string of the molecule is CCn1c(=O)c2cc(C(=O)NC3CCCC3C(=O)Nc3ccc(Br)c(Cl)c3)ccc2n(CC)c1=O. The first kappa shape index (κ1) is 25.2. The lowest BCUT2D eigenvalue weighted by Gasteiger charge is -2.21. The summed E-state index contributed by atoms with van der Waals surface area (Å²) in [5.74, 6) is -0.924. The largest absolute Gasteiger partial charge is 0.349 e. The Morgan fingerprint density at radius 1 is 1.06 bits per heavy atom. The monoisotopic (exact) mass is 560 g/mol. The van der Waals surface area contributed by atoms with Gasteiger partial charge in [-0.15, -0.1) is 0 Å². The Hall–Kier alpha value is -2.91. The molecule has 0 aliphatic heterocycles. The summed E-state index contributed by atoms with van der Waals surface area (Å²) in [6.07, 6.45) is 2.14. The summed E-state index contributed by atoms with van der Waals surface area (Å²) in [4.78, 5) is 51.5. The third-order valence-corrected chi connectivity index (χ3v) is 7.71. The van der Waals surface area contributed by atoms with Crippen molar-refractivity contribution in [2.45, 2.75) is 52.2 Å². The van der Waals surface area contributed by atoms with E-state index in [0.29, 0.717) is 46.6 Å². The highest BCUT2D eigenvalue weighted by Crippen LogP contribution is 2.29. The second kappa shape index (κ2) is 10.4. The molecule has 8 nitrogen and oxygen atoms in total. The first-order valence-electron chi connectivity index (χ1n) is 11.6. The van der Waals surface area contributed by atoms with Crippen LogP contribution in [0.5, 0.6) is 0 Å². The van der Waals surface area contributed by atoms with Crippen LogP contribution in [0.4, 0.5) is 5.69 Å². The maximum absolute atomic E-state index is 13.1. The van der Waals surface area contributed by atoms with Crippen LogP contribution in [0.15, 0.2) is 50.5 Å². The number of nitrogens with one attached hydrogen (secondary N) is 2. The highest BCUT2D eigenvalue weighted by Gasteiger charge is 2.34. The van der Waals surface area contributed by atoms with Crippen LogP contribution in [0.3, 0.4) is 0 Å². The molecule has 184 valence electrons. The van der Waals surface area contributed by atoms with E-state index in [9.17, 15) is 19.2 Å². The molecule has 1 aromatic heterocycles. The summed E-state index contributed by atoms with van der Waals surface area (Å²) < 4.78 is 3.42. The van der Waals surface area contributed by atoms with Crippen molar-refractivity contribution in [2.24, 2.45) is 5.92 Å². The normalized spacial score (nSPS) is 17.5. The Labute approximate surface area is 215 Å². The Morgan fingerprint density at radius 3 is 2.49 bits per heavy atom. The lowest BCUT2D eigenvalue weighted by atomic mass is 10.0. The molecule has 1 aliphatic carbocycles. The van der Waals surface area contributed by atoms with E-state index in [0.717, 1.165) is 10.9 Å². The number of hydrogen-bond acceptors (Lipinski definition) is 4. The van der Waals surface area contributed by atoms with Crippen LogP contribution < -0.4 is 21.9 Å². The Bertz CT molecular complexity index is 1430. The van der Waals surface area contributed by atoms with Crippen LogP contribution in [0, 0.1) is 5.92 Å². The molecule has 3 aromatic rings. The van der Waals surface area contributed by atoms with Gasteiger partial charge in [-0.3, -0.25) is 23.5 Å². The Kier molecular flexibility index (Phi) is 7.47. The number of nitrogens with zero attached hydrogens (tertiary/aromatic N) is 2. The first-order chi connectivity index (χ1) is 16.7. The van der Waals surface area contributed by atoms with Gasteiger partial charge in [0.05, 0.1) is 21.8 Å². The zero-order valence-electron chi connectivity index (χ0n) is 19.4. The van der Waals surface area contributed by atoms with Crippen molar-refractivity contribution >= 4 is 55.9 Å². The molecule has 2 N–H and O–H groups in total. The molecule has 2 amide bonds. The minimum absolute atomic E-state index is 0.178. The van der Waals surface area contributed by atoms with Gasteiger partial charge in [-0.1, -0.05) is 18.0 Å². The van der Waals surface area contributed by atoms with E-state index in [1.165, 1.54) is 15.2 Å². The Morgan fingerprint density at radius 2 is 1.80 bits per heavy atom. The highest BCUT2D eigenvalue weighted by molar-refractivity contribution is 9.10. The van der Waals surface area contributed by atoms with Gasteiger partial charge in [0.1, 0.15) is 0 Å². The van der Waals surface area contributed by atoms with Crippen LogP contribution in [-0.2, 0) is 17.9 Å².